The van der Waals surface area contributed by atoms with E-state index in [9.17, 15) is 13.2 Å². The number of nitrogens with zero attached hydrogens (tertiary/aromatic N) is 2. The Labute approximate surface area is 182 Å². The van der Waals surface area contributed by atoms with Crippen molar-refractivity contribution in [3.63, 3.8) is 0 Å². The van der Waals surface area contributed by atoms with Crippen LogP contribution in [0, 0.1) is 5.92 Å². The van der Waals surface area contributed by atoms with Gasteiger partial charge in [-0.25, -0.2) is 8.42 Å². The summed E-state index contributed by atoms with van der Waals surface area (Å²) >= 11 is 6.19. The Kier molecular flexibility index (Phi) is 5.89. The van der Waals surface area contributed by atoms with Crippen LogP contribution in [0.3, 0.4) is 0 Å². The molecule has 0 atom stereocenters. The number of amides is 1. The summed E-state index contributed by atoms with van der Waals surface area (Å²) in [5.41, 5.74) is 1.31. The van der Waals surface area contributed by atoms with Crippen molar-refractivity contribution in [3.05, 3.63) is 65.3 Å². The van der Waals surface area contributed by atoms with Crippen LogP contribution in [-0.4, -0.2) is 36.9 Å². The lowest BCUT2D eigenvalue weighted by Crippen LogP contribution is -2.39. The van der Waals surface area contributed by atoms with Crippen LogP contribution in [0.25, 0.3) is 10.9 Å². The molecule has 30 heavy (non-hydrogen) atoms. The van der Waals surface area contributed by atoms with Gasteiger partial charge >= 0.3 is 0 Å². The van der Waals surface area contributed by atoms with Gasteiger partial charge in [-0.1, -0.05) is 54.9 Å². The maximum Gasteiger partial charge on any atom is 0.242 e. The highest BCUT2D eigenvalue weighted by atomic mass is 35.5. The number of para-hydroxylation sites is 1. The summed E-state index contributed by atoms with van der Waals surface area (Å²) in [6.07, 6.45) is 3.62. The summed E-state index contributed by atoms with van der Waals surface area (Å²) in [5.74, 6) is 0.485. The number of likely N-dealkylation sites (tertiary alicyclic amines) is 1. The van der Waals surface area contributed by atoms with Gasteiger partial charge in [-0.05, 0) is 36.5 Å². The Morgan fingerprint density at radius 3 is 2.47 bits per heavy atom. The number of hydrogen-bond donors (Lipinski definition) is 0. The van der Waals surface area contributed by atoms with Crippen molar-refractivity contribution < 1.29 is 13.2 Å². The summed E-state index contributed by atoms with van der Waals surface area (Å²) in [4.78, 5) is 15.0. The van der Waals surface area contributed by atoms with E-state index < -0.39 is 9.84 Å². The van der Waals surface area contributed by atoms with Crippen LogP contribution in [0.4, 0.5) is 0 Å². The van der Waals surface area contributed by atoms with Gasteiger partial charge in [0.25, 0.3) is 0 Å². The SMILES string of the molecule is CC1CCN(C(=O)Cn2cc(S(=O)(=O)Cc3ccccc3Cl)c3ccccc32)CC1. The van der Waals surface area contributed by atoms with Gasteiger partial charge in [-0.15, -0.1) is 0 Å². The van der Waals surface area contributed by atoms with Crippen molar-refractivity contribution in [2.24, 2.45) is 5.92 Å². The largest absolute Gasteiger partial charge is 0.341 e. The quantitative estimate of drug-likeness (QED) is 0.581. The first-order valence-corrected chi connectivity index (χ1v) is 12.2. The predicted molar refractivity (Wildman–Crippen MR) is 119 cm³/mol. The molecule has 158 valence electrons. The Bertz CT molecular complexity index is 1180. The van der Waals surface area contributed by atoms with Gasteiger partial charge in [0, 0.05) is 35.2 Å². The maximum atomic E-state index is 13.2. The number of hydrogen-bond acceptors (Lipinski definition) is 3. The number of rotatable bonds is 5. The molecule has 1 aliphatic rings. The molecule has 4 rings (SSSR count). The van der Waals surface area contributed by atoms with Crippen molar-refractivity contribution in [2.75, 3.05) is 13.1 Å². The van der Waals surface area contributed by atoms with E-state index in [1.807, 2.05) is 23.1 Å². The lowest BCUT2D eigenvalue weighted by atomic mass is 9.99. The lowest BCUT2D eigenvalue weighted by Gasteiger charge is -2.30. The molecule has 1 amide bonds. The normalized spacial score (nSPS) is 15.6. The topological polar surface area (TPSA) is 59.4 Å². The van der Waals surface area contributed by atoms with E-state index in [4.69, 9.17) is 11.6 Å². The minimum atomic E-state index is -3.64. The average Bonchev–Trinajstić information content (AvgIpc) is 3.10. The smallest absolute Gasteiger partial charge is 0.242 e. The molecule has 0 aliphatic carbocycles. The first-order chi connectivity index (χ1) is 14.3. The fraction of sp³-hybridized carbons (Fsp3) is 0.348. The Morgan fingerprint density at radius 1 is 1.07 bits per heavy atom. The monoisotopic (exact) mass is 444 g/mol. The summed E-state index contributed by atoms with van der Waals surface area (Å²) < 4.78 is 28.2. The molecule has 0 radical (unpaired) electrons. The molecular weight excluding hydrogens is 420 g/mol. The van der Waals surface area contributed by atoms with Crippen LogP contribution in [0.2, 0.25) is 5.02 Å². The molecule has 2 aromatic carbocycles. The first kappa shape index (κ1) is 20.9. The van der Waals surface area contributed by atoms with Crippen LogP contribution >= 0.6 is 11.6 Å². The number of piperidine rings is 1. The standard InChI is InChI=1S/C23H25ClN2O3S/c1-17-10-12-25(13-11-17)23(27)15-26-14-22(19-7-3-5-9-21(19)26)30(28,29)16-18-6-2-4-8-20(18)24/h2-9,14,17H,10-13,15-16H2,1H3. The van der Waals surface area contributed by atoms with Gasteiger partial charge in [0.2, 0.25) is 5.91 Å². The third kappa shape index (κ3) is 4.25. The zero-order chi connectivity index (χ0) is 21.3. The maximum absolute atomic E-state index is 13.2. The summed E-state index contributed by atoms with van der Waals surface area (Å²) in [5, 5.41) is 1.06. The van der Waals surface area contributed by atoms with Gasteiger partial charge in [0.1, 0.15) is 6.54 Å². The Balaban J connectivity index is 1.65. The highest BCUT2D eigenvalue weighted by Crippen LogP contribution is 2.30. The number of fused-ring (bicyclic) bond motifs is 1. The number of carbonyl (C=O) groups is 1. The van der Waals surface area contributed by atoms with E-state index in [1.165, 1.54) is 0 Å². The fourth-order valence-electron chi connectivity index (χ4n) is 3.99. The van der Waals surface area contributed by atoms with Gasteiger partial charge < -0.3 is 9.47 Å². The van der Waals surface area contributed by atoms with Gasteiger partial charge in [0.15, 0.2) is 9.84 Å². The van der Waals surface area contributed by atoms with Gasteiger partial charge in [-0.2, -0.15) is 0 Å². The van der Waals surface area contributed by atoms with Crippen molar-refractivity contribution in [2.45, 2.75) is 37.0 Å². The van der Waals surface area contributed by atoms with E-state index in [0.29, 0.717) is 21.9 Å². The van der Waals surface area contributed by atoms with E-state index in [2.05, 4.69) is 6.92 Å². The van der Waals surface area contributed by atoms with Crippen molar-refractivity contribution in [1.29, 1.82) is 0 Å². The van der Waals surface area contributed by atoms with Gasteiger partial charge in [-0.3, -0.25) is 4.79 Å². The molecule has 0 saturated carbocycles. The minimum Gasteiger partial charge on any atom is -0.341 e. The number of sulfone groups is 1. The molecule has 1 aliphatic heterocycles. The van der Waals surface area contributed by atoms with Crippen molar-refractivity contribution in [1.82, 2.24) is 9.47 Å². The molecular formula is C23H25ClN2O3S. The van der Waals surface area contributed by atoms with Crippen LogP contribution < -0.4 is 0 Å². The first-order valence-electron chi connectivity index (χ1n) is 10.2. The fourth-order valence-corrected chi connectivity index (χ4v) is 5.89. The number of halogens is 1. The molecule has 1 fully saturated rings. The van der Waals surface area contributed by atoms with E-state index in [0.717, 1.165) is 31.4 Å². The number of aromatic nitrogens is 1. The third-order valence-electron chi connectivity index (χ3n) is 5.83. The van der Waals surface area contributed by atoms with Crippen LogP contribution in [-0.2, 0) is 26.9 Å². The lowest BCUT2D eigenvalue weighted by molar-refractivity contribution is -0.133. The Morgan fingerprint density at radius 2 is 1.73 bits per heavy atom. The number of carbonyl (C=O) groups excluding carboxylic acids is 1. The zero-order valence-electron chi connectivity index (χ0n) is 16.9. The highest BCUT2D eigenvalue weighted by molar-refractivity contribution is 7.90. The molecule has 0 unspecified atom stereocenters. The molecule has 7 heteroatoms. The summed E-state index contributed by atoms with van der Waals surface area (Å²) in [7, 11) is -3.64. The minimum absolute atomic E-state index is 0.0257. The molecule has 5 nitrogen and oxygen atoms in total. The summed E-state index contributed by atoms with van der Waals surface area (Å²) in [6, 6.07) is 14.3. The van der Waals surface area contributed by atoms with Crippen LogP contribution in [0.1, 0.15) is 25.3 Å². The average molecular weight is 445 g/mol. The molecule has 3 aromatic rings. The second-order valence-corrected chi connectivity index (χ2v) is 10.4. The van der Waals surface area contributed by atoms with Crippen LogP contribution in [0.15, 0.2) is 59.6 Å². The zero-order valence-corrected chi connectivity index (χ0v) is 18.5. The molecule has 1 saturated heterocycles. The molecule has 1 aromatic heterocycles. The second-order valence-electron chi connectivity index (χ2n) is 8.05. The summed E-state index contributed by atoms with van der Waals surface area (Å²) in [6.45, 7) is 3.86. The van der Waals surface area contributed by atoms with Gasteiger partial charge in [0.05, 0.1) is 10.6 Å². The molecule has 0 spiro atoms. The molecule has 0 bridgehead atoms. The van der Waals surface area contributed by atoms with E-state index in [1.54, 1.807) is 41.1 Å². The molecule has 0 N–H and O–H groups in total. The molecule has 2 heterocycles. The van der Waals surface area contributed by atoms with E-state index >= 15 is 0 Å². The van der Waals surface area contributed by atoms with E-state index in [-0.39, 0.29) is 23.1 Å². The van der Waals surface area contributed by atoms with Crippen molar-refractivity contribution >= 4 is 38.2 Å². The predicted octanol–water partition coefficient (Wildman–Crippen LogP) is 4.53. The highest BCUT2D eigenvalue weighted by Gasteiger charge is 2.25. The van der Waals surface area contributed by atoms with Crippen molar-refractivity contribution in [3.8, 4) is 0 Å². The number of benzene rings is 2. The van der Waals surface area contributed by atoms with Crippen LogP contribution in [0.5, 0.6) is 0 Å². The second kappa shape index (κ2) is 8.44. The Hall–Kier alpha value is -2.31. The third-order valence-corrected chi connectivity index (χ3v) is 7.89.